The van der Waals surface area contributed by atoms with Crippen molar-refractivity contribution in [1.29, 1.82) is 0 Å². The molecule has 5 nitrogen and oxygen atoms in total. The molecule has 7 heteroatoms. The van der Waals surface area contributed by atoms with Gasteiger partial charge in [0.1, 0.15) is 11.4 Å². The standard InChI is InChI=1S/C20H21BrN2O3.Na/c1-20(2)12-23(17-7-6-14(21)8-18(17)26-20)16-5-3-4-15(9-16)22-10-13(11-22)19(24)25;/h3-9,13H,10-12H2,1-2H3,(H,24,25);/q;+1/p-1. The Morgan fingerprint density at radius 3 is 2.59 bits per heavy atom. The predicted molar refractivity (Wildman–Crippen MR) is 103 cm³/mol. The van der Waals surface area contributed by atoms with Crippen LogP contribution in [0.4, 0.5) is 17.1 Å². The van der Waals surface area contributed by atoms with Gasteiger partial charge in [0.2, 0.25) is 0 Å². The number of benzene rings is 2. The third-order valence-corrected chi connectivity index (χ3v) is 5.35. The molecule has 0 N–H and O–H groups in total. The summed E-state index contributed by atoms with van der Waals surface area (Å²) in [5, 5.41) is 10.9. The van der Waals surface area contributed by atoms with Crippen molar-refractivity contribution in [2.45, 2.75) is 19.4 Å². The van der Waals surface area contributed by atoms with E-state index in [-0.39, 0.29) is 41.1 Å². The van der Waals surface area contributed by atoms with Crippen LogP contribution in [-0.4, -0.2) is 31.2 Å². The summed E-state index contributed by atoms with van der Waals surface area (Å²) in [6.07, 6.45) is 0. The molecule has 1 saturated heterocycles. The van der Waals surface area contributed by atoms with Crippen molar-refractivity contribution < 1.29 is 44.2 Å². The largest absolute Gasteiger partial charge is 1.00 e. The van der Waals surface area contributed by atoms with E-state index >= 15 is 0 Å². The van der Waals surface area contributed by atoms with Crippen molar-refractivity contribution in [1.82, 2.24) is 0 Å². The van der Waals surface area contributed by atoms with Crippen LogP contribution in [0.3, 0.4) is 0 Å². The van der Waals surface area contributed by atoms with Crippen molar-refractivity contribution in [3.8, 4) is 5.75 Å². The van der Waals surface area contributed by atoms with Crippen LogP contribution in [-0.2, 0) is 4.79 Å². The number of hydrogen-bond acceptors (Lipinski definition) is 5. The molecular formula is C20H20BrN2NaO3. The maximum absolute atomic E-state index is 10.9. The van der Waals surface area contributed by atoms with Gasteiger partial charge in [-0.2, -0.15) is 0 Å². The van der Waals surface area contributed by atoms with Crippen molar-refractivity contribution >= 4 is 39.0 Å². The van der Waals surface area contributed by atoms with E-state index in [1.165, 1.54) is 0 Å². The molecule has 0 aromatic heterocycles. The van der Waals surface area contributed by atoms with E-state index in [1.807, 2.05) is 24.3 Å². The molecule has 27 heavy (non-hydrogen) atoms. The number of rotatable bonds is 3. The molecule has 2 aromatic rings. The van der Waals surface area contributed by atoms with Gasteiger partial charge in [0.15, 0.2) is 0 Å². The molecule has 1 fully saturated rings. The first-order valence-electron chi connectivity index (χ1n) is 8.64. The molecule has 0 radical (unpaired) electrons. The van der Waals surface area contributed by atoms with Crippen LogP contribution in [0.5, 0.6) is 5.75 Å². The van der Waals surface area contributed by atoms with Gasteiger partial charge in [-0.25, -0.2) is 0 Å². The van der Waals surface area contributed by atoms with Gasteiger partial charge in [-0.15, -0.1) is 0 Å². The number of hydrogen-bond donors (Lipinski definition) is 0. The maximum Gasteiger partial charge on any atom is 1.00 e. The molecular weight excluding hydrogens is 419 g/mol. The summed E-state index contributed by atoms with van der Waals surface area (Å²) in [6, 6.07) is 14.3. The third-order valence-electron chi connectivity index (χ3n) is 4.86. The second-order valence-electron chi connectivity index (χ2n) is 7.50. The molecule has 4 rings (SSSR count). The second kappa shape index (κ2) is 7.66. The monoisotopic (exact) mass is 438 g/mol. The predicted octanol–water partition coefficient (Wildman–Crippen LogP) is -0.0517. The number of nitrogens with zero attached hydrogens (tertiary/aromatic N) is 2. The number of carboxylic acid groups (broad SMARTS) is 1. The molecule has 0 unspecified atom stereocenters. The molecule has 2 aliphatic rings. The minimum Gasteiger partial charge on any atom is -0.550 e. The average Bonchev–Trinajstić information content (AvgIpc) is 2.51. The number of ether oxygens (including phenoxy) is 1. The van der Waals surface area contributed by atoms with Gasteiger partial charge >= 0.3 is 29.6 Å². The number of anilines is 3. The molecule has 2 heterocycles. The first-order valence-corrected chi connectivity index (χ1v) is 9.44. The Morgan fingerprint density at radius 1 is 1.19 bits per heavy atom. The Bertz CT molecular complexity index is 868. The van der Waals surface area contributed by atoms with Crippen LogP contribution in [0, 0.1) is 5.92 Å². The number of fused-ring (bicyclic) bond motifs is 1. The van der Waals surface area contributed by atoms with Gasteiger partial charge in [-0.05, 0) is 50.2 Å². The molecule has 0 spiro atoms. The van der Waals surface area contributed by atoms with Crippen LogP contribution >= 0.6 is 15.9 Å². The quantitative estimate of drug-likeness (QED) is 0.628. The molecule has 0 aliphatic carbocycles. The van der Waals surface area contributed by atoms with E-state index in [1.54, 1.807) is 0 Å². The Labute approximate surface area is 189 Å². The van der Waals surface area contributed by atoms with Crippen LogP contribution < -0.4 is 49.2 Å². The summed E-state index contributed by atoms with van der Waals surface area (Å²) in [5.74, 6) is -0.493. The van der Waals surface area contributed by atoms with E-state index in [0.29, 0.717) is 13.1 Å². The van der Waals surface area contributed by atoms with Crippen molar-refractivity contribution in [3.63, 3.8) is 0 Å². The van der Waals surface area contributed by atoms with E-state index in [0.717, 1.165) is 33.8 Å². The smallest absolute Gasteiger partial charge is 0.550 e. The normalized spacial score (nSPS) is 18.0. The van der Waals surface area contributed by atoms with Crippen LogP contribution in [0.2, 0.25) is 0 Å². The van der Waals surface area contributed by atoms with Gasteiger partial charge in [0, 0.05) is 40.8 Å². The summed E-state index contributed by atoms with van der Waals surface area (Å²) in [4.78, 5) is 15.3. The number of halogens is 1. The second-order valence-corrected chi connectivity index (χ2v) is 8.42. The number of carbonyl (C=O) groups excluding carboxylic acids is 1. The van der Waals surface area contributed by atoms with E-state index in [9.17, 15) is 9.90 Å². The Hall–Kier alpha value is -1.21. The molecule has 0 saturated carbocycles. The van der Waals surface area contributed by atoms with Crippen LogP contribution in [0.15, 0.2) is 46.9 Å². The number of carboxylic acids is 1. The Balaban J connectivity index is 0.00000210. The average molecular weight is 439 g/mol. The fourth-order valence-electron chi connectivity index (χ4n) is 3.52. The zero-order chi connectivity index (χ0) is 18.5. The Kier molecular flexibility index (Phi) is 5.82. The van der Waals surface area contributed by atoms with Gasteiger partial charge in [0.05, 0.1) is 12.2 Å². The topological polar surface area (TPSA) is 55.8 Å². The maximum atomic E-state index is 10.9. The third kappa shape index (κ3) is 4.14. The molecule has 136 valence electrons. The molecule has 2 aliphatic heterocycles. The molecule has 0 bridgehead atoms. The molecule has 2 aromatic carbocycles. The first-order chi connectivity index (χ1) is 12.3. The minimum absolute atomic E-state index is 0. The molecule has 0 amide bonds. The van der Waals surface area contributed by atoms with Crippen LogP contribution in [0.25, 0.3) is 0 Å². The number of carbonyl (C=O) groups is 1. The summed E-state index contributed by atoms with van der Waals surface area (Å²) >= 11 is 3.51. The number of aliphatic carboxylic acids is 1. The SMILES string of the molecule is CC1(C)CN(c2cccc(N3CC(C(=O)[O-])C3)c2)c2ccc(Br)cc2O1.[Na+]. The summed E-state index contributed by atoms with van der Waals surface area (Å²) in [6.45, 7) is 5.89. The minimum atomic E-state index is -0.966. The fourth-order valence-corrected chi connectivity index (χ4v) is 3.86. The molecule has 0 atom stereocenters. The van der Waals surface area contributed by atoms with Crippen molar-refractivity contribution in [3.05, 3.63) is 46.9 Å². The van der Waals surface area contributed by atoms with Crippen molar-refractivity contribution in [2.24, 2.45) is 5.92 Å². The zero-order valence-corrected chi connectivity index (χ0v) is 19.3. The van der Waals surface area contributed by atoms with Gasteiger partial charge in [-0.1, -0.05) is 22.0 Å². The van der Waals surface area contributed by atoms with E-state index < -0.39 is 5.97 Å². The zero-order valence-electron chi connectivity index (χ0n) is 15.7. The van der Waals surface area contributed by atoms with Gasteiger partial charge in [0.25, 0.3) is 0 Å². The van der Waals surface area contributed by atoms with Crippen molar-refractivity contribution in [2.75, 3.05) is 29.4 Å². The summed E-state index contributed by atoms with van der Waals surface area (Å²) in [5.41, 5.74) is 2.81. The van der Waals surface area contributed by atoms with Gasteiger partial charge in [-0.3, -0.25) is 0 Å². The first kappa shape index (κ1) is 20.5. The Morgan fingerprint density at radius 2 is 1.89 bits per heavy atom. The van der Waals surface area contributed by atoms with Crippen LogP contribution in [0.1, 0.15) is 13.8 Å². The fraction of sp³-hybridized carbons (Fsp3) is 0.350. The van der Waals surface area contributed by atoms with Gasteiger partial charge < -0.3 is 24.4 Å². The summed E-state index contributed by atoms with van der Waals surface area (Å²) in [7, 11) is 0. The summed E-state index contributed by atoms with van der Waals surface area (Å²) < 4.78 is 7.13. The van der Waals surface area contributed by atoms with E-state index in [4.69, 9.17) is 4.74 Å². The van der Waals surface area contributed by atoms with E-state index in [2.05, 4.69) is 57.8 Å².